The maximum Gasteiger partial charge on any atom is 0.170 e. The molecule has 0 aromatic carbocycles. The minimum atomic E-state index is -0.353. The zero-order chi connectivity index (χ0) is 23.4. The van der Waals surface area contributed by atoms with E-state index in [9.17, 15) is 5.11 Å². The zero-order valence-corrected chi connectivity index (χ0v) is 22.1. The summed E-state index contributed by atoms with van der Waals surface area (Å²) in [6, 6.07) is 0. The van der Waals surface area contributed by atoms with Crippen LogP contribution in [0.5, 0.6) is 0 Å². The SMILES string of the molecule is CC(C)C1(CC[C@@H](C)[C@H]2CC[C@H]3[C@@H]4CC=C5C[C@@H](O)CC[C@]5(C)[C@H]4CC[C@]23C)OCCCO1. The first-order valence-electron chi connectivity index (χ1n) is 14.3. The van der Waals surface area contributed by atoms with E-state index in [-0.39, 0.29) is 11.9 Å². The molecular weight excluding hydrogens is 408 g/mol. The van der Waals surface area contributed by atoms with Gasteiger partial charge in [-0.3, -0.25) is 0 Å². The van der Waals surface area contributed by atoms with Gasteiger partial charge in [0.05, 0.1) is 19.3 Å². The van der Waals surface area contributed by atoms with Crippen molar-refractivity contribution in [3.05, 3.63) is 11.6 Å². The van der Waals surface area contributed by atoms with Gasteiger partial charge in [0, 0.05) is 12.3 Å². The zero-order valence-electron chi connectivity index (χ0n) is 22.1. The third kappa shape index (κ3) is 3.97. The quantitative estimate of drug-likeness (QED) is 0.445. The van der Waals surface area contributed by atoms with Crippen molar-refractivity contribution in [2.24, 2.45) is 46.3 Å². The van der Waals surface area contributed by atoms with Crippen LogP contribution in [-0.2, 0) is 9.47 Å². The maximum atomic E-state index is 10.3. The van der Waals surface area contributed by atoms with Crippen LogP contribution >= 0.6 is 0 Å². The van der Waals surface area contributed by atoms with Crippen LogP contribution in [0.4, 0.5) is 0 Å². The second-order valence-corrected chi connectivity index (χ2v) is 13.4. The first-order chi connectivity index (χ1) is 15.7. The Hall–Kier alpha value is -0.380. The normalized spacial score (nSPS) is 45.7. The van der Waals surface area contributed by atoms with Crippen molar-refractivity contribution in [3.63, 3.8) is 0 Å². The molecule has 0 aromatic rings. The van der Waals surface area contributed by atoms with Crippen LogP contribution in [-0.4, -0.2) is 30.2 Å². The largest absolute Gasteiger partial charge is 0.393 e. The molecule has 4 fully saturated rings. The molecule has 3 heteroatoms. The molecule has 5 rings (SSSR count). The molecule has 1 saturated heterocycles. The average molecular weight is 459 g/mol. The number of hydrogen-bond donors (Lipinski definition) is 1. The van der Waals surface area contributed by atoms with Gasteiger partial charge in [-0.05, 0) is 105 Å². The van der Waals surface area contributed by atoms with Crippen LogP contribution in [0.3, 0.4) is 0 Å². The fourth-order valence-electron chi connectivity index (χ4n) is 9.60. The number of hydrogen-bond acceptors (Lipinski definition) is 3. The highest BCUT2D eigenvalue weighted by atomic mass is 16.7. The number of ether oxygens (including phenoxy) is 2. The van der Waals surface area contributed by atoms with Crippen LogP contribution in [0.1, 0.15) is 105 Å². The highest BCUT2D eigenvalue weighted by molar-refractivity contribution is 5.25. The molecule has 4 aliphatic carbocycles. The lowest BCUT2D eigenvalue weighted by atomic mass is 9.47. The van der Waals surface area contributed by atoms with Crippen molar-refractivity contribution in [1.82, 2.24) is 0 Å². The van der Waals surface area contributed by atoms with Gasteiger partial charge in [0.1, 0.15) is 0 Å². The van der Waals surface area contributed by atoms with Crippen molar-refractivity contribution < 1.29 is 14.6 Å². The summed E-state index contributed by atoms with van der Waals surface area (Å²) in [4.78, 5) is 0. The molecule has 3 saturated carbocycles. The summed E-state index contributed by atoms with van der Waals surface area (Å²) in [5.41, 5.74) is 2.45. The molecule has 0 radical (unpaired) electrons. The first-order valence-corrected chi connectivity index (χ1v) is 14.3. The van der Waals surface area contributed by atoms with E-state index in [1.807, 2.05) is 0 Å². The summed E-state index contributed by atoms with van der Waals surface area (Å²) in [5.74, 6) is 4.20. The highest BCUT2D eigenvalue weighted by Gasteiger charge is 2.59. The Morgan fingerprint density at radius 3 is 2.48 bits per heavy atom. The third-order valence-electron chi connectivity index (χ3n) is 11.6. The maximum absolute atomic E-state index is 10.3. The lowest BCUT2D eigenvalue weighted by Gasteiger charge is -2.58. The van der Waals surface area contributed by atoms with Crippen LogP contribution in [0.2, 0.25) is 0 Å². The topological polar surface area (TPSA) is 38.7 Å². The Kier molecular flexibility index (Phi) is 6.58. The fourth-order valence-corrected chi connectivity index (χ4v) is 9.60. The van der Waals surface area contributed by atoms with Crippen molar-refractivity contribution >= 4 is 0 Å². The Bertz CT molecular complexity index is 737. The smallest absolute Gasteiger partial charge is 0.170 e. The highest BCUT2D eigenvalue weighted by Crippen LogP contribution is 2.67. The fraction of sp³-hybridized carbons (Fsp3) is 0.933. The van der Waals surface area contributed by atoms with E-state index in [0.29, 0.717) is 16.7 Å². The second kappa shape index (κ2) is 8.93. The monoisotopic (exact) mass is 458 g/mol. The number of aliphatic hydroxyl groups excluding tert-OH is 1. The van der Waals surface area contributed by atoms with Gasteiger partial charge in [-0.1, -0.05) is 46.3 Å². The molecule has 1 heterocycles. The predicted octanol–water partition coefficient (Wildman–Crippen LogP) is 7.13. The molecule has 0 amide bonds. The van der Waals surface area contributed by atoms with Gasteiger partial charge in [-0.15, -0.1) is 0 Å². The number of allylic oxidation sites excluding steroid dienone is 1. The van der Waals surface area contributed by atoms with Crippen LogP contribution in [0.15, 0.2) is 11.6 Å². The van der Waals surface area contributed by atoms with Gasteiger partial charge in [0.25, 0.3) is 0 Å². The molecule has 5 aliphatic rings. The Balaban J connectivity index is 1.29. The number of rotatable bonds is 5. The van der Waals surface area contributed by atoms with Gasteiger partial charge in [0.15, 0.2) is 5.79 Å². The van der Waals surface area contributed by atoms with E-state index in [2.05, 4.69) is 40.7 Å². The minimum Gasteiger partial charge on any atom is -0.393 e. The van der Waals surface area contributed by atoms with Crippen LogP contribution < -0.4 is 0 Å². The molecule has 8 atom stereocenters. The Labute approximate surface area is 203 Å². The minimum absolute atomic E-state index is 0.0994. The summed E-state index contributed by atoms with van der Waals surface area (Å²) >= 11 is 0. The van der Waals surface area contributed by atoms with Gasteiger partial charge >= 0.3 is 0 Å². The molecular formula is C30H50O3. The average Bonchev–Trinajstić information content (AvgIpc) is 3.16. The molecule has 0 spiro atoms. The summed E-state index contributed by atoms with van der Waals surface area (Å²) < 4.78 is 12.5. The molecule has 1 N–H and O–H groups in total. The lowest BCUT2D eigenvalue weighted by Crippen LogP contribution is -2.51. The third-order valence-corrected chi connectivity index (χ3v) is 11.6. The summed E-state index contributed by atoms with van der Waals surface area (Å²) in [6.45, 7) is 14.0. The molecule has 3 nitrogen and oxygen atoms in total. The van der Waals surface area contributed by atoms with Crippen LogP contribution in [0, 0.1) is 46.3 Å². The summed E-state index contributed by atoms with van der Waals surface area (Å²) in [7, 11) is 0. The van der Waals surface area contributed by atoms with Crippen molar-refractivity contribution in [3.8, 4) is 0 Å². The summed E-state index contributed by atoms with van der Waals surface area (Å²) in [6.07, 6.45) is 15.8. The second-order valence-electron chi connectivity index (χ2n) is 13.4. The van der Waals surface area contributed by atoms with E-state index < -0.39 is 0 Å². The lowest BCUT2D eigenvalue weighted by molar-refractivity contribution is -0.293. The molecule has 33 heavy (non-hydrogen) atoms. The number of aliphatic hydroxyl groups is 1. The van der Waals surface area contributed by atoms with Crippen molar-refractivity contribution in [2.45, 2.75) is 117 Å². The van der Waals surface area contributed by atoms with E-state index in [0.717, 1.165) is 68.5 Å². The molecule has 1 aliphatic heterocycles. The van der Waals surface area contributed by atoms with E-state index in [4.69, 9.17) is 9.47 Å². The first kappa shape index (κ1) is 24.3. The molecule has 0 aromatic heterocycles. The standard InChI is InChI=1S/C30H50O3/c1-20(2)30(32-17-6-18-33-30)16-11-21(3)25-9-10-26-24-8-7-22-19-23(31)12-14-28(22,4)27(24)13-15-29(25,26)5/h7,20-21,23-27,31H,6,8-19H2,1-5H3/t21-,23+,24+,25-,26+,27+,28+,29-/m1/s1. The molecule has 0 bridgehead atoms. The van der Waals surface area contributed by atoms with Crippen molar-refractivity contribution in [1.29, 1.82) is 0 Å². The molecule has 0 unspecified atom stereocenters. The molecule has 188 valence electrons. The van der Waals surface area contributed by atoms with E-state index in [1.54, 1.807) is 5.57 Å². The summed E-state index contributed by atoms with van der Waals surface area (Å²) in [5, 5.41) is 10.3. The predicted molar refractivity (Wildman–Crippen MR) is 134 cm³/mol. The van der Waals surface area contributed by atoms with E-state index >= 15 is 0 Å². The van der Waals surface area contributed by atoms with Crippen molar-refractivity contribution in [2.75, 3.05) is 13.2 Å². The van der Waals surface area contributed by atoms with Gasteiger partial charge < -0.3 is 14.6 Å². The number of fused-ring (bicyclic) bond motifs is 5. The van der Waals surface area contributed by atoms with Crippen LogP contribution in [0.25, 0.3) is 0 Å². The van der Waals surface area contributed by atoms with Gasteiger partial charge in [-0.2, -0.15) is 0 Å². The van der Waals surface area contributed by atoms with Gasteiger partial charge in [-0.25, -0.2) is 0 Å². The Morgan fingerprint density at radius 2 is 1.76 bits per heavy atom. The Morgan fingerprint density at radius 1 is 1.00 bits per heavy atom. The van der Waals surface area contributed by atoms with Gasteiger partial charge in [0.2, 0.25) is 0 Å². The van der Waals surface area contributed by atoms with E-state index in [1.165, 1.54) is 44.9 Å².